The van der Waals surface area contributed by atoms with Crippen molar-refractivity contribution in [3.63, 3.8) is 0 Å². The van der Waals surface area contributed by atoms with Crippen LogP contribution in [0.25, 0.3) is 10.9 Å². The second kappa shape index (κ2) is 8.42. The Labute approximate surface area is 186 Å². The SMILES string of the molecule is CC(C)[C@H](NC(=O)c1c(F)cccc1F)C(=O)N1CCc2[nH]c3c(Br)cccc3c2C1. The van der Waals surface area contributed by atoms with E-state index in [2.05, 4.69) is 26.2 Å². The van der Waals surface area contributed by atoms with Crippen molar-refractivity contribution >= 4 is 38.6 Å². The summed E-state index contributed by atoms with van der Waals surface area (Å²) in [4.78, 5) is 31.0. The summed E-state index contributed by atoms with van der Waals surface area (Å²) < 4.78 is 29.0. The van der Waals surface area contributed by atoms with Gasteiger partial charge in [-0.2, -0.15) is 0 Å². The zero-order chi connectivity index (χ0) is 22.3. The second-order valence-corrected chi connectivity index (χ2v) is 8.90. The van der Waals surface area contributed by atoms with E-state index in [-0.39, 0.29) is 11.8 Å². The Morgan fingerprint density at radius 2 is 1.81 bits per heavy atom. The van der Waals surface area contributed by atoms with Gasteiger partial charge in [-0.05, 0) is 40.0 Å². The Bertz CT molecular complexity index is 1150. The number of benzene rings is 2. The summed E-state index contributed by atoms with van der Waals surface area (Å²) in [5.74, 6) is -3.38. The third kappa shape index (κ3) is 3.96. The number of para-hydroxylation sites is 1. The van der Waals surface area contributed by atoms with E-state index >= 15 is 0 Å². The molecule has 0 radical (unpaired) electrons. The molecule has 0 saturated heterocycles. The van der Waals surface area contributed by atoms with E-state index in [9.17, 15) is 18.4 Å². The average molecular weight is 490 g/mol. The molecule has 5 nitrogen and oxygen atoms in total. The van der Waals surface area contributed by atoms with E-state index in [4.69, 9.17) is 0 Å². The number of nitrogens with zero attached hydrogens (tertiary/aromatic N) is 1. The standard InChI is InChI=1S/C23H22BrF2N3O2/c1-12(2)20(28-22(30)19-16(25)7-4-8-17(19)26)23(31)29-10-9-18-14(11-29)13-5-3-6-15(24)21(13)27-18/h3-8,12,20,27H,9-11H2,1-2H3,(H,28,30)/t20-/m0/s1. The van der Waals surface area contributed by atoms with Crippen molar-refractivity contribution in [2.75, 3.05) is 6.54 Å². The summed E-state index contributed by atoms with van der Waals surface area (Å²) in [5, 5.41) is 3.59. The summed E-state index contributed by atoms with van der Waals surface area (Å²) in [6.07, 6.45) is 0.656. The van der Waals surface area contributed by atoms with Gasteiger partial charge in [0.15, 0.2) is 0 Å². The Morgan fingerprint density at radius 3 is 2.48 bits per heavy atom. The highest BCUT2D eigenvalue weighted by Crippen LogP contribution is 2.32. The largest absolute Gasteiger partial charge is 0.357 e. The van der Waals surface area contributed by atoms with Crippen molar-refractivity contribution < 1.29 is 18.4 Å². The van der Waals surface area contributed by atoms with Crippen LogP contribution in [-0.4, -0.2) is 34.3 Å². The number of amides is 2. The number of halogens is 3. The maximum Gasteiger partial charge on any atom is 0.257 e. The molecule has 162 valence electrons. The molecule has 0 saturated carbocycles. The third-order valence-electron chi connectivity index (χ3n) is 5.68. The molecular weight excluding hydrogens is 468 g/mol. The maximum atomic E-state index is 14.0. The number of aromatic amines is 1. The van der Waals surface area contributed by atoms with Crippen LogP contribution in [0.5, 0.6) is 0 Å². The van der Waals surface area contributed by atoms with Gasteiger partial charge in [-0.1, -0.05) is 32.0 Å². The summed E-state index contributed by atoms with van der Waals surface area (Å²) in [7, 11) is 0. The van der Waals surface area contributed by atoms with Gasteiger partial charge in [-0.3, -0.25) is 9.59 Å². The molecule has 1 aliphatic rings. The number of rotatable bonds is 4. The van der Waals surface area contributed by atoms with E-state index in [0.717, 1.165) is 38.8 Å². The fraction of sp³-hybridized carbons (Fsp3) is 0.304. The lowest BCUT2D eigenvalue weighted by Crippen LogP contribution is -2.52. The summed E-state index contributed by atoms with van der Waals surface area (Å²) in [6, 6.07) is 8.24. The summed E-state index contributed by atoms with van der Waals surface area (Å²) in [5.41, 5.74) is 2.45. The molecule has 0 bridgehead atoms. The number of aromatic nitrogens is 1. The molecule has 2 heterocycles. The number of fused-ring (bicyclic) bond motifs is 3. The monoisotopic (exact) mass is 489 g/mol. The predicted octanol–water partition coefficient (Wildman–Crippen LogP) is 4.55. The van der Waals surface area contributed by atoms with Gasteiger partial charge in [0, 0.05) is 40.6 Å². The van der Waals surface area contributed by atoms with Crippen molar-refractivity contribution in [3.05, 3.63) is 69.3 Å². The van der Waals surface area contributed by atoms with Gasteiger partial charge in [-0.25, -0.2) is 8.78 Å². The fourth-order valence-electron chi connectivity index (χ4n) is 4.03. The van der Waals surface area contributed by atoms with Crippen molar-refractivity contribution in [1.82, 2.24) is 15.2 Å². The number of H-pyrrole nitrogens is 1. The van der Waals surface area contributed by atoms with Gasteiger partial charge in [0.2, 0.25) is 5.91 Å². The highest BCUT2D eigenvalue weighted by atomic mass is 79.9. The number of carbonyl (C=O) groups is 2. The van der Waals surface area contributed by atoms with E-state index in [0.29, 0.717) is 19.5 Å². The second-order valence-electron chi connectivity index (χ2n) is 8.05. The molecule has 1 atom stereocenters. The van der Waals surface area contributed by atoms with E-state index in [1.807, 2.05) is 18.2 Å². The zero-order valence-electron chi connectivity index (χ0n) is 17.1. The summed E-state index contributed by atoms with van der Waals surface area (Å²) in [6.45, 7) is 4.47. The molecule has 1 aromatic heterocycles. The van der Waals surface area contributed by atoms with E-state index in [1.54, 1.807) is 18.7 Å². The Balaban J connectivity index is 1.58. The van der Waals surface area contributed by atoms with Gasteiger partial charge >= 0.3 is 0 Å². The topological polar surface area (TPSA) is 65.2 Å². The number of hydrogen-bond donors (Lipinski definition) is 2. The molecule has 3 aromatic rings. The molecule has 2 amide bonds. The summed E-state index contributed by atoms with van der Waals surface area (Å²) >= 11 is 3.55. The lowest BCUT2D eigenvalue weighted by molar-refractivity contribution is -0.135. The molecule has 0 spiro atoms. The lowest BCUT2D eigenvalue weighted by atomic mass is 9.99. The minimum Gasteiger partial charge on any atom is -0.357 e. The molecular formula is C23H22BrF2N3O2. The van der Waals surface area contributed by atoms with Gasteiger partial charge < -0.3 is 15.2 Å². The molecule has 2 N–H and O–H groups in total. The van der Waals surface area contributed by atoms with Crippen LogP contribution in [0.2, 0.25) is 0 Å². The van der Waals surface area contributed by atoms with Gasteiger partial charge in [0.1, 0.15) is 23.2 Å². The van der Waals surface area contributed by atoms with Gasteiger partial charge in [-0.15, -0.1) is 0 Å². The first-order valence-electron chi connectivity index (χ1n) is 10.1. The highest BCUT2D eigenvalue weighted by Gasteiger charge is 2.33. The third-order valence-corrected chi connectivity index (χ3v) is 6.34. The minimum atomic E-state index is -0.959. The first kappa shape index (κ1) is 21.5. The lowest BCUT2D eigenvalue weighted by Gasteiger charge is -2.32. The van der Waals surface area contributed by atoms with Crippen molar-refractivity contribution in [1.29, 1.82) is 0 Å². The van der Waals surface area contributed by atoms with Gasteiger partial charge in [0.25, 0.3) is 5.91 Å². The number of hydrogen-bond acceptors (Lipinski definition) is 2. The van der Waals surface area contributed by atoms with Crippen LogP contribution in [0.1, 0.15) is 35.5 Å². The normalized spacial score (nSPS) is 14.6. The van der Waals surface area contributed by atoms with Crippen molar-refractivity contribution in [2.45, 2.75) is 32.9 Å². The molecule has 31 heavy (non-hydrogen) atoms. The van der Waals surface area contributed by atoms with Crippen LogP contribution in [0.3, 0.4) is 0 Å². The Morgan fingerprint density at radius 1 is 1.13 bits per heavy atom. The van der Waals surface area contributed by atoms with Crippen LogP contribution >= 0.6 is 15.9 Å². The van der Waals surface area contributed by atoms with Crippen molar-refractivity contribution in [3.8, 4) is 0 Å². The van der Waals surface area contributed by atoms with Crippen LogP contribution in [-0.2, 0) is 17.8 Å². The number of carbonyl (C=O) groups excluding carboxylic acids is 2. The Hall–Kier alpha value is -2.74. The first-order valence-corrected chi connectivity index (χ1v) is 10.9. The molecule has 8 heteroatoms. The zero-order valence-corrected chi connectivity index (χ0v) is 18.7. The van der Waals surface area contributed by atoms with Crippen LogP contribution in [0.15, 0.2) is 40.9 Å². The van der Waals surface area contributed by atoms with Gasteiger partial charge in [0.05, 0.1) is 5.52 Å². The quantitative estimate of drug-likeness (QED) is 0.564. The molecule has 1 aliphatic heterocycles. The first-order chi connectivity index (χ1) is 14.8. The van der Waals surface area contributed by atoms with E-state index < -0.39 is 29.1 Å². The average Bonchev–Trinajstić information content (AvgIpc) is 3.10. The molecule has 0 aliphatic carbocycles. The molecule has 2 aromatic carbocycles. The Kier molecular flexibility index (Phi) is 5.83. The van der Waals surface area contributed by atoms with Crippen LogP contribution < -0.4 is 5.32 Å². The molecule has 0 fully saturated rings. The maximum absolute atomic E-state index is 14.0. The van der Waals surface area contributed by atoms with Crippen LogP contribution in [0, 0.1) is 17.6 Å². The minimum absolute atomic E-state index is 0.259. The highest BCUT2D eigenvalue weighted by molar-refractivity contribution is 9.10. The van der Waals surface area contributed by atoms with Crippen LogP contribution in [0.4, 0.5) is 8.78 Å². The van der Waals surface area contributed by atoms with E-state index in [1.165, 1.54) is 6.07 Å². The molecule has 4 rings (SSSR count). The van der Waals surface area contributed by atoms with Crippen molar-refractivity contribution in [2.24, 2.45) is 5.92 Å². The molecule has 0 unspecified atom stereocenters. The predicted molar refractivity (Wildman–Crippen MR) is 118 cm³/mol. The number of nitrogens with one attached hydrogen (secondary N) is 2. The fourth-order valence-corrected chi connectivity index (χ4v) is 4.49. The smallest absolute Gasteiger partial charge is 0.257 e.